The first-order chi connectivity index (χ1) is 16.2. The van der Waals surface area contributed by atoms with E-state index >= 15 is 0 Å². The minimum atomic E-state index is -3.04. The number of hydrogen-bond donors (Lipinski definition) is 3. The SMILES string of the molecule is CC(OC(=O)CCNC(=O)NC12CC3CC(CC(C3)C1)C2)C(=O)Nc1ccccc1OC(F)F. The third kappa shape index (κ3) is 5.95. The maximum absolute atomic E-state index is 12.5. The van der Waals surface area contributed by atoms with E-state index in [9.17, 15) is 23.2 Å². The molecule has 0 aromatic heterocycles. The molecule has 10 heteroatoms. The first-order valence-corrected chi connectivity index (χ1v) is 11.8. The van der Waals surface area contributed by atoms with Crippen LogP contribution in [0.4, 0.5) is 19.3 Å². The van der Waals surface area contributed by atoms with Gasteiger partial charge in [-0.15, -0.1) is 0 Å². The molecule has 0 radical (unpaired) electrons. The van der Waals surface area contributed by atoms with Gasteiger partial charge in [0, 0.05) is 12.1 Å². The van der Waals surface area contributed by atoms with Crippen molar-refractivity contribution in [2.24, 2.45) is 17.8 Å². The van der Waals surface area contributed by atoms with Crippen molar-refractivity contribution in [1.29, 1.82) is 0 Å². The smallest absolute Gasteiger partial charge is 0.387 e. The van der Waals surface area contributed by atoms with E-state index < -0.39 is 24.6 Å². The molecule has 1 aromatic rings. The molecule has 4 aliphatic rings. The lowest BCUT2D eigenvalue weighted by Gasteiger charge is -2.56. The number of ether oxygens (including phenoxy) is 2. The average molecular weight is 480 g/mol. The second kappa shape index (κ2) is 10.1. The van der Waals surface area contributed by atoms with Crippen molar-refractivity contribution >= 4 is 23.6 Å². The van der Waals surface area contributed by atoms with E-state index in [0.717, 1.165) is 19.3 Å². The minimum absolute atomic E-state index is 0.0405. The van der Waals surface area contributed by atoms with Crippen LogP contribution in [0, 0.1) is 17.8 Å². The van der Waals surface area contributed by atoms with Crippen molar-refractivity contribution in [3.8, 4) is 5.75 Å². The van der Waals surface area contributed by atoms with Gasteiger partial charge in [-0.1, -0.05) is 12.1 Å². The lowest BCUT2D eigenvalue weighted by molar-refractivity contribution is -0.153. The summed E-state index contributed by atoms with van der Waals surface area (Å²) in [6.45, 7) is -1.59. The van der Waals surface area contributed by atoms with E-state index in [2.05, 4.69) is 20.7 Å². The highest BCUT2D eigenvalue weighted by molar-refractivity contribution is 5.96. The maximum Gasteiger partial charge on any atom is 0.387 e. The van der Waals surface area contributed by atoms with Crippen LogP contribution in [0.5, 0.6) is 5.75 Å². The number of rotatable bonds is 9. The van der Waals surface area contributed by atoms with E-state index in [1.165, 1.54) is 44.4 Å². The molecule has 8 nitrogen and oxygen atoms in total. The molecular formula is C24H31F2N3O5. The molecule has 4 saturated carbocycles. The molecule has 4 aliphatic carbocycles. The molecule has 3 amide bonds. The Labute approximate surface area is 197 Å². The van der Waals surface area contributed by atoms with Gasteiger partial charge >= 0.3 is 18.6 Å². The molecule has 34 heavy (non-hydrogen) atoms. The van der Waals surface area contributed by atoms with Crippen molar-refractivity contribution in [1.82, 2.24) is 10.6 Å². The van der Waals surface area contributed by atoms with Crippen molar-refractivity contribution in [3.05, 3.63) is 24.3 Å². The zero-order chi connectivity index (χ0) is 24.3. The summed E-state index contributed by atoms with van der Waals surface area (Å²) < 4.78 is 34.5. The topological polar surface area (TPSA) is 106 Å². The summed E-state index contributed by atoms with van der Waals surface area (Å²) in [5, 5.41) is 8.30. The Bertz CT molecular complexity index is 890. The van der Waals surface area contributed by atoms with Gasteiger partial charge in [-0.25, -0.2) is 4.79 Å². The Kier molecular flexibility index (Phi) is 7.23. The van der Waals surface area contributed by atoms with Gasteiger partial charge in [0.25, 0.3) is 5.91 Å². The number of esters is 1. The summed E-state index contributed by atoms with van der Waals surface area (Å²) in [4.78, 5) is 36.9. The Morgan fingerprint density at radius 3 is 2.29 bits per heavy atom. The second-order valence-corrected chi connectivity index (χ2v) is 9.82. The van der Waals surface area contributed by atoms with E-state index in [1.54, 1.807) is 6.07 Å². The number of hydrogen-bond acceptors (Lipinski definition) is 5. The quantitative estimate of drug-likeness (QED) is 0.467. The third-order valence-electron chi connectivity index (χ3n) is 7.07. The summed E-state index contributed by atoms with van der Waals surface area (Å²) >= 11 is 0. The van der Waals surface area contributed by atoms with Crippen molar-refractivity contribution in [2.45, 2.75) is 70.1 Å². The van der Waals surface area contributed by atoms with Crippen LogP contribution in [-0.2, 0) is 14.3 Å². The van der Waals surface area contributed by atoms with Crippen LogP contribution in [0.3, 0.4) is 0 Å². The number of carbonyl (C=O) groups excluding carboxylic acids is 3. The highest BCUT2D eigenvalue weighted by Crippen LogP contribution is 2.55. The average Bonchev–Trinajstić information content (AvgIpc) is 2.73. The lowest BCUT2D eigenvalue weighted by atomic mass is 9.53. The summed E-state index contributed by atoms with van der Waals surface area (Å²) in [6.07, 6.45) is 5.69. The number of urea groups is 1. The Balaban J connectivity index is 1.18. The highest BCUT2D eigenvalue weighted by atomic mass is 19.3. The number of halogens is 2. The van der Waals surface area contributed by atoms with Gasteiger partial charge < -0.3 is 25.4 Å². The summed E-state index contributed by atoms with van der Waals surface area (Å²) in [6, 6.07) is 5.44. The summed E-state index contributed by atoms with van der Waals surface area (Å²) in [5.41, 5.74) is -0.0743. The Morgan fingerprint density at radius 2 is 1.68 bits per heavy atom. The molecule has 0 spiro atoms. The maximum atomic E-state index is 12.5. The van der Waals surface area contributed by atoms with Gasteiger partial charge in [0.05, 0.1) is 12.1 Å². The van der Waals surface area contributed by atoms with Gasteiger partial charge in [-0.05, 0) is 75.3 Å². The molecule has 4 bridgehead atoms. The zero-order valence-corrected chi connectivity index (χ0v) is 19.2. The van der Waals surface area contributed by atoms with Crippen LogP contribution in [0.25, 0.3) is 0 Å². The fourth-order valence-corrected chi connectivity index (χ4v) is 6.14. The molecular weight excluding hydrogens is 448 g/mol. The zero-order valence-electron chi connectivity index (χ0n) is 19.2. The number of carbonyl (C=O) groups is 3. The van der Waals surface area contributed by atoms with Crippen LogP contribution < -0.4 is 20.7 Å². The molecule has 1 unspecified atom stereocenters. The molecule has 4 fully saturated rings. The number of benzene rings is 1. The fraction of sp³-hybridized carbons (Fsp3) is 0.625. The fourth-order valence-electron chi connectivity index (χ4n) is 6.14. The minimum Gasteiger partial charge on any atom is -0.452 e. The molecule has 186 valence electrons. The van der Waals surface area contributed by atoms with Crippen LogP contribution >= 0.6 is 0 Å². The monoisotopic (exact) mass is 479 g/mol. The van der Waals surface area contributed by atoms with Crippen molar-refractivity contribution < 1.29 is 32.6 Å². The largest absolute Gasteiger partial charge is 0.452 e. The van der Waals surface area contributed by atoms with E-state index in [4.69, 9.17) is 4.74 Å². The number of nitrogens with one attached hydrogen (secondary N) is 3. The normalized spacial score (nSPS) is 27.7. The summed E-state index contributed by atoms with van der Waals surface area (Å²) in [7, 11) is 0. The molecule has 0 heterocycles. The predicted molar refractivity (Wildman–Crippen MR) is 119 cm³/mol. The van der Waals surface area contributed by atoms with Crippen LogP contribution in [0.2, 0.25) is 0 Å². The standard InChI is InChI=1S/C24H31F2N3O5/c1-14(21(31)28-18-4-2-3-5-19(18)34-22(25)26)33-20(30)6-7-27-23(32)29-24-11-15-8-16(12-24)10-17(9-15)13-24/h2-5,14-17,22H,6-13H2,1H3,(H,28,31)(H2,27,29,32). The number of amides is 3. The van der Waals surface area contributed by atoms with Crippen LogP contribution in [0.15, 0.2) is 24.3 Å². The number of para-hydroxylation sites is 2. The van der Waals surface area contributed by atoms with E-state index in [0.29, 0.717) is 17.8 Å². The second-order valence-electron chi connectivity index (χ2n) is 9.82. The molecule has 1 aromatic carbocycles. The van der Waals surface area contributed by atoms with Gasteiger partial charge in [-0.3, -0.25) is 9.59 Å². The van der Waals surface area contributed by atoms with Gasteiger partial charge in [0.2, 0.25) is 0 Å². The molecule has 0 saturated heterocycles. The van der Waals surface area contributed by atoms with E-state index in [1.807, 2.05) is 0 Å². The number of anilines is 1. The Morgan fingerprint density at radius 1 is 1.06 bits per heavy atom. The van der Waals surface area contributed by atoms with Crippen molar-refractivity contribution in [3.63, 3.8) is 0 Å². The molecule has 5 rings (SSSR count). The summed E-state index contributed by atoms with van der Waals surface area (Å²) in [5.74, 6) is 0.592. The molecule has 3 N–H and O–H groups in total. The highest BCUT2D eigenvalue weighted by Gasteiger charge is 2.51. The van der Waals surface area contributed by atoms with E-state index in [-0.39, 0.29) is 36.0 Å². The first kappa shape index (κ1) is 24.2. The first-order valence-electron chi connectivity index (χ1n) is 11.8. The molecule has 0 aliphatic heterocycles. The number of alkyl halides is 2. The lowest BCUT2D eigenvalue weighted by Crippen LogP contribution is -2.61. The van der Waals surface area contributed by atoms with Crippen LogP contribution in [-0.4, -0.2) is 42.7 Å². The predicted octanol–water partition coefficient (Wildman–Crippen LogP) is 3.82. The van der Waals surface area contributed by atoms with Gasteiger partial charge in [-0.2, -0.15) is 8.78 Å². The van der Waals surface area contributed by atoms with Crippen molar-refractivity contribution in [2.75, 3.05) is 11.9 Å². The third-order valence-corrected chi connectivity index (χ3v) is 7.07. The molecule has 1 atom stereocenters. The van der Waals surface area contributed by atoms with Crippen LogP contribution in [0.1, 0.15) is 51.9 Å². The Hall–Kier alpha value is -2.91. The van der Waals surface area contributed by atoms with Gasteiger partial charge in [0.1, 0.15) is 5.75 Å². The van der Waals surface area contributed by atoms with Gasteiger partial charge in [0.15, 0.2) is 6.10 Å².